The minimum atomic E-state index is 0.222. The summed E-state index contributed by atoms with van der Waals surface area (Å²) >= 11 is 12.9. The van der Waals surface area contributed by atoms with Crippen LogP contribution in [0, 0.1) is 6.92 Å². The van der Waals surface area contributed by atoms with E-state index in [1.54, 1.807) is 40.8 Å². The van der Waals surface area contributed by atoms with Crippen molar-refractivity contribution < 1.29 is 9.47 Å². The third-order valence-electron chi connectivity index (χ3n) is 3.92. The van der Waals surface area contributed by atoms with Gasteiger partial charge in [-0.15, -0.1) is 10.2 Å². The predicted molar refractivity (Wildman–Crippen MR) is 99.4 cm³/mol. The van der Waals surface area contributed by atoms with Crippen molar-refractivity contribution in [1.82, 2.24) is 34.3 Å². The number of hydrogen-bond acceptors (Lipinski definition) is 7. The van der Waals surface area contributed by atoms with E-state index in [1.165, 1.54) is 14.2 Å². The van der Waals surface area contributed by atoms with E-state index in [9.17, 15) is 0 Å². The summed E-state index contributed by atoms with van der Waals surface area (Å²) in [6, 6.07) is 1.62. The van der Waals surface area contributed by atoms with E-state index in [2.05, 4.69) is 25.1 Å². The number of halogens is 2. The van der Waals surface area contributed by atoms with Gasteiger partial charge in [-0.3, -0.25) is 9.13 Å². The van der Waals surface area contributed by atoms with Crippen molar-refractivity contribution in [2.45, 2.75) is 6.92 Å². The molecule has 0 radical (unpaired) electrons. The molecule has 0 amide bonds. The second-order valence-corrected chi connectivity index (χ2v) is 6.27. The van der Waals surface area contributed by atoms with Crippen molar-refractivity contribution >= 4 is 34.2 Å². The van der Waals surface area contributed by atoms with E-state index in [0.29, 0.717) is 33.5 Å². The Morgan fingerprint density at radius 2 is 1.78 bits per heavy atom. The number of aromatic nitrogens is 7. The van der Waals surface area contributed by atoms with Crippen LogP contribution in [0.1, 0.15) is 5.82 Å². The largest absolute Gasteiger partial charge is 0.477 e. The first-order valence-corrected chi connectivity index (χ1v) is 8.49. The zero-order chi connectivity index (χ0) is 19.1. The molecule has 11 heteroatoms. The van der Waals surface area contributed by atoms with Crippen LogP contribution in [-0.2, 0) is 0 Å². The molecule has 0 fully saturated rings. The molecule has 0 N–H and O–H groups in total. The number of hydrogen-bond donors (Lipinski definition) is 0. The highest BCUT2D eigenvalue weighted by Gasteiger charge is 2.23. The van der Waals surface area contributed by atoms with E-state index in [4.69, 9.17) is 32.7 Å². The molecule has 9 nitrogen and oxygen atoms in total. The molecule has 0 aliphatic carbocycles. The van der Waals surface area contributed by atoms with Crippen LogP contribution >= 0.6 is 23.2 Å². The number of rotatable bonds is 4. The molecule has 0 aliphatic rings. The van der Waals surface area contributed by atoms with Crippen LogP contribution in [0.2, 0.25) is 10.0 Å². The molecule has 4 aromatic rings. The minimum absolute atomic E-state index is 0.222. The van der Waals surface area contributed by atoms with Gasteiger partial charge in [0.05, 0.1) is 35.5 Å². The smallest absolute Gasteiger partial charge is 0.278 e. The zero-order valence-electron chi connectivity index (χ0n) is 14.5. The van der Waals surface area contributed by atoms with E-state index < -0.39 is 0 Å². The van der Waals surface area contributed by atoms with Crippen molar-refractivity contribution in [3.05, 3.63) is 40.7 Å². The molecule has 3 aromatic heterocycles. The molecule has 0 saturated carbocycles. The quantitative estimate of drug-likeness (QED) is 0.514. The second kappa shape index (κ2) is 6.67. The highest BCUT2D eigenvalue weighted by Crippen LogP contribution is 2.38. The maximum Gasteiger partial charge on any atom is 0.278 e. The first-order valence-electron chi connectivity index (χ1n) is 7.73. The Morgan fingerprint density at radius 1 is 1.04 bits per heavy atom. The summed E-state index contributed by atoms with van der Waals surface area (Å²) in [6.45, 7) is 1.80. The van der Waals surface area contributed by atoms with E-state index >= 15 is 0 Å². The number of nitrogens with zero attached hydrogens (tertiary/aromatic N) is 7. The van der Waals surface area contributed by atoms with E-state index in [0.717, 1.165) is 0 Å². The predicted octanol–water partition coefficient (Wildman–Crippen LogP) is 3.03. The highest BCUT2D eigenvalue weighted by molar-refractivity contribution is 6.44. The van der Waals surface area contributed by atoms with E-state index in [1.807, 2.05) is 0 Å². The maximum atomic E-state index is 6.57. The van der Waals surface area contributed by atoms with Gasteiger partial charge in [-0.2, -0.15) is 0 Å². The molecular formula is C16H13Cl2N7O2. The number of methoxy groups -OCH3 is 2. The molecule has 138 valence electrons. The van der Waals surface area contributed by atoms with Gasteiger partial charge in [0.15, 0.2) is 0 Å². The lowest BCUT2D eigenvalue weighted by molar-refractivity contribution is 0.334. The molecule has 27 heavy (non-hydrogen) atoms. The van der Waals surface area contributed by atoms with Crippen molar-refractivity contribution in [3.8, 4) is 23.4 Å². The van der Waals surface area contributed by atoms with Gasteiger partial charge in [-0.25, -0.2) is 15.0 Å². The Kier molecular flexibility index (Phi) is 4.33. The van der Waals surface area contributed by atoms with Crippen LogP contribution in [-0.4, -0.2) is 48.5 Å². The number of benzene rings is 1. The zero-order valence-corrected chi connectivity index (χ0v) is 16.0. The maximum absolute atomic E-state index is 6.57. The normalized spacial score (nSPS) is 11.1. The summed E-state index contributed by atoms with van der Waals surface area (Å²) in [5, 5.41) is 8.98. The summed E-state index contributed by atoms with van der Waals surface area (Å²) in [5.74, 6) is 1.53. The van der Waals surface area contributed by atoms with Gasteiger partial charge in [0.25, 0.3) is 11.8 Å². The van der Waals surface area contributed by atoms with Crippen LogP contribution in [0.3, 0.4) is 0 Å². The monoisotopic (exact) mass is 405 g/mol. The van der Waals surface area contributed by atoms with Crippen LogP contribution in [0.15, 0.2) is 24.8 Å². The van der Waals surface area contributed by atoms with Gasteiger partial charge in [-0.1, -0.05) is 23.2 Å². The molecule has 3 heterocycles. The Balaban J connectivity index is 2.11. The summed E-state index contributed by atoms with van der Waals surface area (Å²) < 4.78 is 14.0. The Morgan fingerprint density at radius 3 is 2.44 bits per heavy atom. The van der Waals surface area contributed by atoms with Crippen molar-refractivity contribution in [2.24, 2.45) is 0 Å². The van der Waals surface area contributed by atoms with Crippen LogP contribution in [0.25, 0.3) is 22.7 Å². The van der Waals surface area contributed by atoms with Gasteiger partial charge < -0.3 is 9.47 Å². The Bertz CT molecular complexity index is 1140. The molecule has 0 saturated heterocycles. The fraction of sp³-hybridized carbons (Fsp3) is 0.188. The summed E-state index contributed by atoms with van der Waals surface area (Å²) in [7, 11) is 2.97. The third kappa shape index (κ3) is 2.75. The lowest BCUT2D eigenvalue weighted by atomic mass is 10.2. The van der Waals surface area contributed by atoms with Crippen molar-refractivity contribution in [3.63, 3.8) is 0 Å². The molecule has 0 spiro atoms. The van der Waals surface area contributed by atoms with Gasteiger partial charge in [0.1, 0.15) is 17.7 Å². The van der Waals surface area contributed by atoms with Crippen molar-refractivity contribution in [1.29, 1.82) is 0 Å². The number of ether oxygens (including phenoxy) is 2. The molecule has 4 rings (SSSR count). The molecule has 1 aromatic carbocycles. The fourth-order valence-corrected chi connectivity index (χ4v) is 3.14. The fourth-order valence-electron chi connectivity index (χ4n) is 2.72. The lowest BCUT2D eigenvalue weighted by Crippen LogP contribution is -2.08. The summed E-state index contributed by atoms with van der Waals surface area (Å²) in [5.41, 5.74) is 1.44. The summed E-state index contributed by atoms with van der Waals surface area (Å²) in [6.07, 6.45) is 4.99. The first-order chi connectivity index (χ1) is 13.0. The molecule has 0 bridgehead atoms. The summed E-state index contributed by atoms with van der Waals surface area (Å²) in [4.78, 5) is 13.0. The number of aryl methyl sites for hydroxylation is 1. The topological polar surface area (TPSA) is 92.8 Å². The Hall–Kier alpha value is -2.91. The van der Waals surface area contributed by atoms with Crippen LogP contribution in [0.4, 0.5) is 0 Å². The minimum Gasteiger partial charge on any atom is -0.477 e. The molecular weight excluding hydrogens is 393 g/mol. The Labute approximate surface area is 163 Å². The second-order valence-electron chi connectivity index (χ2n) is 5.48. The highest BCUT2D eigenvalue weighted by atomic mass is 35.5. The molecule has 0 aliphatic heterocycles. The average Bonchev–Trinajstić information content (AvgIpc) is 3.32. The van der Waals surface area contributed by atoms with Crippen molar-refractivity contribution in [2.75, 3.05) is 14.2 Å². The molecule has 0 unspecified atom stereocenters. The van der Waals surface area contributed by atoms with Gasteiger partial charge >= 0.3 is 0 Å². The first kappa shape index (κ1) is 17.5. The number of fused-ring (bicyclic) bond motifs is 1. The van der Waals surface area contributed by atoms with Crippen LogP contribution < -0.4 is 9.47 Å². The third-order valence-corrected chi connectivity index (χ3v) is 4.70. The van der Waals surface area contributed by atoms with Gasteiger partial charge in [0, 0.05) is 12.4 Å². The molecule has 0 atom stereocenters. The number of imidazole rings is 1. The lowest BCUT2D eigenvalue weighted by Gasteiger charge is -2.15. The van der Waals surface area contributed by atoms with E-state index in [-0.39, 0.29) is 16.8 Å². The standard InChI is InChI=1S/C16H13Cl2N7O2/c1-8-22-23-16(24-5-4-19-7-24)25(8)13-11(18)9(17)6-10-12(13)21-15(27-3)14(20-10)26-2/h4-7H,1-3H3. The SMILES string of the molecule is COc1nc2cc(Cl)c(Cl)c(-n3c(C)nnc3-n3ccnc3)c2nc1OC. The van der Waals surface area contributed by atoms with Crippen LogP contribution in [0.5, 0.6) is 11.8 Å². The van der Waals surface area contributed by atoms with Gasteiger partial charge in [-0.05, 0) is 13.0 Å². The average molecular weight is 406 g/mol. The van der Waals surface area contributed by atoms with Gasteiger partial charge in [0.2, 0.25) is 5.95 Å².